The zero-order valence-corrected chi connectivity index (χ0v) is 21.5. The monoisotopic (exact) mass is 474 g/mol. The predicted octanol–water partition coefficient (Wildman–Crippen LogP) is 6.28. The summed E-state index contributed by atoms with van der Waals surface area (Å²) < 4.78 is 5.37. The van der Waals surface area contributed by atoms with E-state index in [1.54, 1.807) is 7.11 Å². The van der Waals surface area contributed by atoms with Gasteiger partial charge in [0, 0.05) is 23.7 Å². The highest BCUT2D eigenvalue weighted by atomic mass is 16.5. The number of amides is 1. The van der Waals surface area contributed by atoms with Crippen molar-refractivity contribution in [2.45, 2.75) is 89.3 Å². The molecule has 0 spiro atoms. The van der Waals surface area contributed by atoms with Crippen molar-refractivity contribution in [3.8, 4) is 5.75 Å². The summed E-state index contributed by atoms with van der Waals surface area (Å²) >= 11 is 0. The molecule has 4 fully saturated rings. The fourth-order valence-electron chi connectivity index (χ4n) is 7.42. The average molecular weight is 475 g/mol. The Hall–Kier alpha value is -2.33. The largest absolute Gasteiger partial charge is 0.497 e. The van der Waals surface area contributed by atoms with Gasteiger partial charge in [-0.25, -0.2) is 0 Å². The first-order valence-corrected chi connectivity index (χ1v) is 13.8. The van der Waals surface area contributed by atoms with Crippen LogP contribution in [0.15, 0.2) is 48.5 Å². The van der Waals surface area contributed by atoms with E-state index in [0.29, 0.717) is 5.54 Å². The maximum atomic E-state index is 13.1. The first-order chi connectivity index (χ1) is 17.0. The molecule has 1 atom stereocenters. The Labute approximate surface area is 211 Å². The standard InChI is InChI=1S/C31H42N2O2/c1-3-4-7-28(16-23-6-5-8-29(17-23)35-2)33-30(34)27-11-9-22(10-12-27)21-32-31-18-24-13-25(19-31)15-26(14-24)20-31/h5-6,8-12,17,24-26,28,32H,3-4,7,13-16,18-21H2,1-2H3,(H,33,34)/t24?,25?,26?,28-,31?/m0/s1. The zero-order chi connectivity index (χ0) is 24.3. The van der Waals surface area contributed by atoms with Gasteiger partial charge < -0.3 is 15.4 Å². The van der Waals surface area contributed by atoms with Crippen LogP contribution >= 0.6 is 0 Å². The zero-order valence-electron chi connectivity index (χ0n) is 21.5. The van der Waals surface area contributed by atoms with E-state index in [-0.39, 0.29) is 11.9 Å². The van der Waals surface area contributed by atoms with Crippen LogP contribution in [-0.2, 0) is 13.0 Å². The number of carbonyl (C=O) groups is 1. The van der Waals surface area contributed by atoms with Gasteiger partial charge in [-0.2, -0.15) is 0 Å². The maximum absolute atomic E-state index is 13.1. The van der Waals surface area contributed by atoms with E-state index in [9.17, 15) is 4.79 Å². The maximum Gasteiger partial charge on any atom is 0.251 e. The van der Waals surface area contributed by atoms with Crippen molar-refractivity contribution in [1.82, 2.24) is 10.6 Å². The molecule has 188 valence electrons. The molecule has 0 saturated heterocycles. The number of hydrogen-bond acceptors (Lipinski definition) is 3. The second-order valence-corrected chi connectivity index (χ2v) is 11.6. The van der Waals surface area contributed by atoms with Crippen molar-refractivity contribution in [3.63, 3.8) is 0 Å². The number of rotatable bonds is 11. The number of hydrogen-bond donors (Lipinski definition) is 2. The van der Waals surface area contributed by atoms with Gasteiger partial charge in [0.2, 0.25) is 0 Å². The second kappa shape index (κ2) is 10.7. The number of unbranched alkanes of at least 4 members (excludes halogenated alkanes) is 1. The third-order valence-corrected chi connectivity index (χ3v) is 8.78. The Bertz CT molecular complexity index is 964. The van der Waals surface area contributed by atoms with Crippen LogP contribution in [0.2, 0.25) is 0 Å². The van der Waals surface area contributed by atoms with Gasteiger partial charge in [-0.15, -0.1) is 0 Å². The second-order valence-electron chi connectivity index (χ2n) is 11.6. The fraction of sp³-hybridized carbons (Fsp3) is 0.581. The molecule has 1 amide bonds. The fourth-order valence-corrected chi connectivity index (χ4v) is 7.42. The van der Waals surface area contributed by atoms with E-state index in [2.05, 4.69) is 41.8 Å². The molecule has 35 heavy (non-hydrogen) atoms. The van der Waals surface area contributed by atoms with Crippen molar-refractivity contribution in [3.05, 3.63) is 65.2 Å². The molecule has 0 aromatic heterocycles. The lowest BCUT2D eigenvalue weighted by atomic mass is 9.53. The molecule has 2 aromatic carbocycles. The van der Waals surface area contributed by atoms with E-state index >= 15 is 0 Å². The molecule has 4 bridgehead atoms. The van der Waals surface area contributed by atoms with Gasteiger partial charge >= 0.3 is 0 Å². The summed E-state index contributed by atoms with van der Waals surface area (Å²) in [6.07, 6.45) is 12.5. The summed E-state index contributed by atoms with van der Waals surface area (Å²) in [6.45, 7) is 3.10. The molecule has 4 nitrogen and oxygen atoms in total. The number of carbonyl (C=O) groups excluding carboxylic acids is 1. The minimum Gasteiger partial charge on any atom is -0.497 e. The topological polar surface area (TPSA) is 50.4 Å². The number of nitrogens with one attached hydrogen (secondary N) is 2. The summed E-state index contributed by atoms with van der Waals surface area (Å²) in [7, 11) is 1.69. The van der Waals surface area contributed by atoms with Gasteiger partial charge in [0.1, 0.15) is 5.75 Å². The van der Waals surface area contributed by atoms with Crippen LogP contribution in [0, 0.1) is 17.8 Å². The van der Waals surface area contributed by atoms with Gasteiger partial charge in [-0.3, -0.25) is 4.79 Å². The summed E-state index contributed by atoms with van der Waals surface area (Å²) in [6, 6.07) is 16.5. The van der Waals surface area contributed by atoms with Gasteiger partial charge in [-0.05, 0) is 105 Å². The summed E-state index contributed by atoms with van der Waals surface area (Å²) in [5.74, 6) is 3.75. The van der Waals surface area contributed by atoms with Gasteiger partial charge in [-0.1, -0.05) is 44.0 Å². The van der Waals surface area contributed by atoms with Crippen molar-refractivity contribution in [1.29, 1.82) is 0 Å². The van der Waals surface area contributed by atoms with Crippen LogP contribution in [0.5, 0.6) is 5.75 Å². The number of methoxy groups -OCH3 is 1. The van der Waals surface area contributed by atoms with E-state index in [1.807, 2.05) is 24.3 Å². The molecule has 4 saturated carbocycles. The van der Waals surface area contributed by atoms with Crippen LogP contribution in [0.4, 0.5) is 0 Å². The summed E-state index contributed by atoms with van der Waals surface area (Å²) in [5, 5.41) is 7.27. The smallest absolute Gasteiger partial charge is 0.251 e. The molecular formula is C31H42N2O2. The van der Waals surface area contributed by atoms with Crippen molar-refractivity contribution in [2.24, 2.45) is 17.8 Å². The first-order valence-electron chi connectivity index (χ1n) is 13.8. The lowest BCUT2D eigenvalue weighted by molar-refractivity contribution is -0.0206. The van der Waals surface area contributed by atoms with Crippen LogP contribution in [0.1, 0.15) is 86.2 Å². The predicted molar refractivity (Wildman–Crippen MR) is 142 cm³/mol. The Kier molecular flexibility index (Phi) is 7.48. The molecule has 4 aliphatic carbocycles. The van der Waals surface area contributed by atoms with E-state index < -0.39 is 0 Å². The first kappa shape index (κ1) is 24.4. The van der Waals surface area contributed by atoms with Crippen molar-refractivity contribution < 1.29 is 9.53 Å². The van der Waals surface area contributed by atoms with Crippen LogP contribution in [-0.4, -0.2) is 24.6 Å². The van der Waals surface area contributed by atoms with Crippen LogP contribution < -0.4 is 15.4 Å². The molecule has 4 heteroatoms. The van der Waals surface area contributed by atoms with E-state index in [0.717, 1.165) is 61.3 Å². The third kappa shape index (κ3) is 5.91. The SMILES string of the molecule is CCCC[C@@H](Cc1cccc(OC)c1)NC(=O)c1ccc(CNC23CC4CC(CC(C4)C2)C3)cc1. The normalized spacial score (nSPS) is 27.5. The Morgan fingerprint density at radius 2 is 1.69 bits per heavy atom. The molecule has 0 unspecified atom stereocenters. The van der Waals surface area contributed by atoms with Gasteiger partial charge in [0.15, 0.2) is 0 Å². The number of ether oxygens (including phenoxy) is 1. The molecule has 4 aliphatic rings. The summed E-state index contributed by atoms with van der Waals surface area (Å²) in [5.41, 5.74) is 3.58. The molecule has 0 aliphatic heterocycles. The van der Waals surface area contributed by atoms with Gasteiger partial charge in [0.25, 0.3) is 5.91 Å². The number of benzene rings is 2. The molecule has 0 heterocycles. The molecule has 6 rings (SSSR count). The molecular weight excluding hydrogens is 432 g/mol. The van der Waals surface area contributed by atoms with Crippen molar-refractivity contribution >= 4 is 5.91 Å². The molecule has 0 radical (unpaired) electrons. The highest BCUT2D eigenvalue weighted by Gasteiger charge is 2.50. The minimum atomic E-state index is 0.0228. The minimum absolute atomic E-state index is 0.0228. The summed E-state index contributed by atoms with van der Waals surface area (Å²) in [4.78, 5) is 13.1. The van der Waals surface area contributed by atoms with Crippen LogP contribution in [0.25, 0.3) is 0 Å². The molecule has 2 aromatic rings. The Morgan fingerprint density at radius 3 is 2.31 bits per heavy atom. The lowest BCUT2D eigenvalue weighted by Crippen LogP contribution is -2.58. The van der Waals surface area contributed by atoms with E-state index in [1.165, 1.54) is 49.7 Å². The molecule has 2 N–H and O–H groups in total. The Balaban J connectivity index is 1.17. The van der Waals surface area contributed by atoms with Crippen molar-refractivity contribution in [2.75, 3.05) is 7.11 Å². The van der Waals surface area contributed by atoms with E-state index in [4.69, 9.17) is 4.74 Å². The lowest BCUT2D eigenvalue weighted by Gasteiger charge is -2.57. The Morgan fingerprint density at radius 1 is 1.00 bits per heavy atom. The highest BCUT2D eigenvalue weighted by molar-refractivity contribution is 5.94. The van der Waals surface area contributed by atoms with Crippen LogP contribution in [0.3, 0.4) is 0 Å². The average Bonchev–Trinajstić information content (AvgIpc) is 2.85. The van der Waals surface area contributed by atoms with Gasteiger partial charge in [0.05, 0.1) is 7.11 Å². The quantitative estimate of drug-likeness (QED) is 0.403. The third-order valence-electron chi connectivity index (χ3n) is 8.78. The highest BCUT2D eigenvalue weighted by Crippen LogP contribution is 2.55.